The molecule has 2 N–H and O–H groups in total. The van der Waals surface area contributed by atoms with E-state index in [0.29, 0.717) is 12.1 Å². The highest BCUT2D eigenvalue weighted by Gasteiger charge is 2.32. The minimum atomic E-state index is 0.0814. The van der Waals surface area contributed by atoms with Gasteiger partial charge in [0.1, 0.15) is 0 Å². The molecule has 0 bridgehead atoms. The number of nitrogens with one attached hydrogen (secondary N) is 2. The molecule has 0 spiro atoms. The normalized spacial score (nSPS) is 32.6. The lowest BCUT2D eigenvalue weighted by Gasteiger charge is -2.39. The van der Waals surface area contributed by atoms with Crippen LogP contribution in [0.25, 0.3) is 0 Å². The average molecular weight is 228 g/mol. The molecule has 0 aromatic rings. The van der Waals surface area contributed by atoms with Crippen LogP contribution in [0.2, 0.25) is 0 Å². The van der Waals surface area contributed by atoms with Gasteiger partial charge in [-0.05, 0) is 26.2 Å². The highest BCUT2D eigenvalue weighted by molar-refractivity contribution is 4.90. The molecule has 2 rings (SSSR count). The summed E-state index contributed by atoms with van der Waals surface area (Å²) >= 11 is 0. The molecule has 0 amide bonds. The molecule has 2 fully saturated rings. The van der Waals surface area contributed by atoms with Gasteiger partial charge in [0, 0.05) is 32.8 Å². The molecule has 1 saturated carbocycles. The Morgan fingerprint density at radius 3 is 2.81 bits per heavy atom. The van der Waals surface area contributed by atoms with E-state index in [-0.39, 0.29) is 5.60 Å². The summed E-state index contributed by atoms with van der Waals surface area (Å²) in [6, 6.07) is 0.529. The van der Waals surface area contributed by atoms with Gasteiger partial charge in [-0.15, -0.1) is 0 Å². The molecule has 0 aromatic carbocycles. The first kappa shape index (κ1) is 12.3. The predicted octanol–water partition coefficient (Wildman–Crippen LogP) is 0.522. The molecule has 1 saturated heterocycles. The van der Waals surface area contributed by atoms with Crippen molar-refractivity contribution in [3.05, 3.63) is 0 Å². The van der Waals surface area contributed by atoms with Crippen molar-refractivity contribution in [1.29, 1.82) is 0 Å². The number of rotatable bonds is 6. The lowest BCUT2D eigenvalue weighted by Crippen LogP contribution is -2.59. The van der Waals surface area contributed by atoms with E-state index in [4.69, 9.17) is 9.47 Å². The first-order valence-corrected chi connectivity index (χ1v) is 6.34. The summed E-state index contributed by atoms with van der Waals surface area (Å²) in [6.07, 6.45) is 4.10. The Balaban J connectivity index is 1.57. The third kappa shape index (κ3) is 2.94. The maximum atomic E-state index is 5.83. The third-order valence-corrected chi connectivity index (χ3v) is 3.71. The molecule has 4 heteroatoms. The molecule has 4 nitrogen and oxygen atoms in total. The van der Waals surface area contributed by atoms with Gasteiger partial charge < -0.3 is 20.1 Å². The summed E-state index contributed by atoms with van der Waals surface area (Å²) < 4.78 is 11.3. The van der Waals surface area contributed by atoms with Crippen molar-refractivity contribution in [2.45, 2.75) is 43.9 Å². The molecule has 0 radical (unpaired) electrons. The molecule has 2 atom stereocenters. The van der Waals surface area contributed by atoms with Crippen molar-refractivity contribution in [1.82, 2.24) is 10.6 Å². The highest BCUT2D eigenvalue weighted by atomic mass is 16.5. The van der Waals surface area contributed by atoms with Crippen LogP contribution < -0.4 is 10.6 Å². The van der Waals surface area contributed by atoms with E-state index in [2.05, 4.69) is 17.6 Å². The van der Waals surface area contributed by atoms with Crippen LogP contribution in [0, 0.1) is 0 Å². The number of hydrogen-bond donors (Lipinski definition) is 2. The van der Waals surface area contributed by atoms with E-state index in [1.807, 2.05) is 7.11 Å². The van der Waals surface area contributed by atoms with Crippen LogP contribution in [-0.4, -0.2) is 51.1 Å². The first-order valence-electron chi connectivity index (χ1n) is 6.34. The Morgan fingerprint density at radius 2 is 2.19 bits per heavy atom. The second-order valence-corrected chi connectivity index (χ2v) is 5.17. The van der Waals surface area contributed by atoms with E-state index in [9.17, 15) is 0 Å². The summed E-state index contributed by atoms with van der Waals surface area (Å²) in [5, 5.41) is 6.77. The monoisotopic (exact) mass is 228 g/mol. The number of hydrogen-bond acceptors (Lipinski definition) is 4. The largest absolute Gasteiger partial charge is 0.380 e. The van der Waals surface area contributed by atoms with Gasteiger partial charge in [0.25, 0.3) is 0 Å². The van der Waals surface area contributed by atoms with Gasteiger partial charge in [0.05, 0.1) is 18.3 Å². The molecule has 1 aliphatic heterocycles. The lowest BCUT2D eigenvalue weighted by atomic mass is 10.0. The van der Waals surface area contributed by atoms with E-state index in [0.717, 1.165) is 26.2 Å². The van der Waals surface area contributed by atoms with Crippen molar-refractivity contribution in [3.63, 3.8) is 0 Å². The Bertz CT molecular complexity index is 219. The first-order chi connectivity index (χ1) is 7.73. The van der Waals surface area contributed by atoms with Crippen molar-refractivity contribution < 1.29 is 9.47 Å². The van der Waals surface area contributed by atoms with Crippen LogP contribution in [0.4, 0.5) is 0 Å². The smallest absolute Gasteiger partial charge is 0.0902 e. The standard InChI is InChI=1S/C12H24N2O2/c1-12(8-13-9-12)16-7-6-14-10-4-3-5-11(10)15-2/h10-11,13-14H,3-9H2,1-2H3. The minimum Gasteiger partial charge on any atom is -0.380 e. The van der Waals surface area contributed by atoms with Crippen LogP contribution in [0.5, 0.6) is 0 Å². The van der Waals surface area contributed by atoms with Crippen LogP contribution in [-0.2, 0) is 9.47 Å². The van der Waals surface area contributed by atoms with Gasteiger partial charge in [-0.3, -0.25) is 0 Å². The fraction of sp³-hybridized carbons (Fsp3) is 1.00. The number of ether oxygens (including phenoxy) is 2. The zero-order valence-corrected chi connectivity index (χ0v) is 10.4. The van der Waals surface area contributed by atoms with E-state index in [1.165, 1.54) is 19.3 Å². The van der Waals surface area contributed by atoms with Gasteiger partial charge in [0.2, 0.25) is 0 Å². The second-order valence-electron chi connectivity index (χ2n) is 5.17. The van der Waals surface area contributed by atoms with Crippen LogP contribution in [0.3, 0.4) is 0 Å². The predicted molar refractivity (Wildman–Crippen MR) is 63.7 cm³/mol. The molecular formula is C12H24N2O2. The molecule has 1 aliphatic carbocycles. The highest BCUT2D eigenvalue weighted by Crippen LogP contribution is 2.21. The van der Waals surface area contributed by atoms with Crippen molar-refractivity contribution in [2.24, 2.45) is 0 Å². The van der Waals surface area contributed by atoms with E-state index < -0.39 is 0 Å². The Kier molecular flexibility index (Phi) is 4.19. The van der Waals surface area contributed by atoms with Gasteiger partial charge >= 0.3 is 0 Å². The van der Waals surface area contributed by atoms with Crippen molar-refractivity contribution in [3.8, 4) is 0 Å². The van der Waals surface area contributed by atoms with E-state index >= 15 is 0 Å². The minimum absolute atomic E-state index is 0.0814. The maximum absolute atomic E-state index is 5.83. The van der Waals surface area contributed by atoms with Crippen molar-refractivity contribution >= 4 is 0 Å². The molecule has 16 heavy (non-hydrogen) atoms. The van der Waals surface area contributed by atoms with Gasteiger partial charge in [-0.1, -0.05) is 0 Å². The van der Waals surface area contributed by atoms with Gasteiger partial charge in [-0.25, -0.2) is 0 Å². The summed E-state index contributed by atoms with van der Waals surface area (Å²) in [7, 11) is 1.81. The Morgan fingerprint density at radius 1 is 1.38 bits per heavy atom. The maximum Gasteiger partial charge on any atom is 0.0902 e. The SMILES string of the molecule is COC1CCCC1NCCOC1(C)CNC1. The average Bonchev–Trinajstić information content (AvgIpc) is 2.69. The van der Waals surface area contributed by atoms with E-state index in [1.54, 1.807) is 0 Å². The lowest BCUT2D eigenvalue weighted by molar-refractivity contribution is -0.0659. The van der Waals surface area contributed by atoms with Crippen LogP contribution >= 0.6 is 0 Å². The summed E-state index contributed by atoms with van der Waals surface area (Å²) in [5.41, 5.74) is 0.0814. The fourth-order valence-electron chi connectivity index (χ4n) is 2.56. The molecule has 1 heterocycles. The molecule has 94 valence electrons. The Hall–Kier alpha value is -0.160. The van der Waals surface area contributed by atoms with Crippen molar-refractivity contribution in [2.75, 3.05) is 33.4 Å². The number of methoxy groups -OCH3 is 1. The molecular weight excluding hydrogens is 204 g/mol. The second kappa shape index (κ2) is 5.45. The summed E-state index contributed by atoms with van der Waals surface area (Å²) in [4.78, 5) is 0. The molecule has 2 aliphatic rings. The molecule has 2 unspecified atom stereocenters. The third-order valence-electron chi connectivity index (χ3n) is 3.71. The zero-order chi connectivity index (χ0) is 11.4. The molecule has 0 aromatic heterocycles. The fourth-order valence-corrected chi connectivity index (χ4v) is 2.56. The van der Waals surface area contributed by atoms with Gasteiger partial charge in [-0.2, -0.15) is 0 Å². The summed E-state index contributed by atoms with van der Waals surface area (Å²) in [5.74, 6) is 0. The summed E-state index contributed by atoms with van der Waals surface area (Å²) in [6.45, 7) is 5.86. The quantitative estimate of drug-likeness (QED) is 0.651. The zero-order valence-electron chi connectivity index (χ0n) is 10.4. The van der Waals surface area contributed by atoms with Crippen LogP contribution in [0.1, 0.15) is 26.2 Å². The Labute approximate surface area is 98.1 Å². The van der Waals surface area contributed by atoms with Crippen LogP contribution in [0.15, 0.2) is 0 Å². The topological polar surface area (TPSA) is 42.5 Å². The van der Waals surface area contributed by atoms with Gasteiger partial charge in [0.15, 0.2) is 0 Å².